The Balaban J connectivity index is 1.97. The predicted molar refractivity (Wildman–Crippen MR) is 107 cm³/mol. The Morgan fingerprint density at radius 3 is 2.31 bits per heavy atom. The van der Waals surface area contributed by atoms with E-state index < -0.39 is 6.10 Å². The maximum atomic E-state index is 12.3. The van der Waals surface area contributed by atoms with Crippen molar-refractivity contribution in [2.45, 2.75) is 32.9 Å². The lowest BCUT2D eigenvalue weighted by molar-refractivity contribution is -0.122. The fourth-order valence-corrected chi connectivity index (χ4v) is 2.89. The second-order valence-corrected chi connectivity index (χ2v) is 7.32. The lowest BCUT2D eigenvalue weighted by Crippen LogP contribution is -2.31. The van der Waals surface area contributed by atoms with E-state index in [9.17, 15) is 9.59 Å². The summed E-state index contributed by atoms with van der Waals surface area (Å²) in [5, 5.41) is 6.15. The molecule has 0 spiro atoms. The third kappa shape index (κ3) is 5.75. The predicted octanol–water partition coefficient (Wildman–Crippen LogP) is 4.65. The normalized spacial score (nSPS) is 11.8. The van der Waals surface area contributed by atoms with Gasteiger partial charge in [0.05, 0.1) is 4.47 Å². The van der Waals surface area contributed by atoms with Crippen LogP contribution in [0, 0.1) is 0 Å². The number of rotatable bonds is 6. The van der Waals surface area contributed by atoms with Crippen LogP contribution in [-0.2, 0) is 4.79 Å². The Hall–Kier alpha value is -2.05. The third-order valence-electron chi connectivity index (χ3n) is 3.40. The molecule has 0 aliphatic rings. The van der Waals surface area contributed by atoms with Gasteiger partial charge in [0.2, 0.25) is 0 Å². The Kier molecular flexibility index (Phi) is 7.06. The van der Waals surface area contributed by atoms with Gasteiger partial charge in [-0.1, -0.05) is 11.6 Å². The second kappa shape index (κ2) is 9.05. The molecule has 0 saturated carbocycles. The number of ether oxygens (including phenoxy) is 1. The fourth-order valence-electron chi connectivity index (χ4n) is 2.11. The SMILES string of the molecule is CC(C)NC(=O)c1ccc(NC(=O)C(C)Oc2ccc(Cl)cc2Br)cc1. The van der Waals surface area contributed by atoms with E-state index in [0.29, 0.717) is 26.5 Å². The number of carbonyl (C=O) groups is 2. The molecule has 26 heavy (non-hydrogen) atoms. The van der Waals surface area contributed by atoms with E-state index in [-0.39, 0.29) is 17.9 Å². The maximum absolute atomic E-state index is 12.3. The first-order valence-electron chi connectivity index (χ1n) is 8.09. The van der Waals surface area contributed by atoms with Crippen LogP contribution < -0.4 is 15.4 Å². The summed E-state index contributed by atoms with van der Waals surface area (Å²) in [6.07, 6.45) is -0.712. The first-order valence-corrected chi connectivity index (χ1v) is 9.27. The van der Waals surface area contributed by atoms with Crippen LogP contribution in [0.2, 0.25) is 5.02 Å². The van der Waals surface area contributed by atoms with Crippen molar-refractivity contribution in [1.82, 2.24) is 5.32 Å². The molecule has 1 unspecified atom stereocenters. The van der Waals surface area contributed by atoms with E-state index in [1.807, 2.05) is 13.8 Å². The van der Waals surface area contributed by atoms with Crippen LogP contribution in [0.5, 0.6) is 5.75 Å². The number of nitrogens with one attached hydrogen (secondary N) is 2. The highest BCUT2D eigenvalue weighted by Gasteiger charge is 2.16. The summed E-state index contributed by atoms with van der Waals surface area (Å²) in [6.45, 7) is 5.45. The minimum Gasteiger partial charge on any atom is -0.480 e. The van der Waals surface area contributed by atoms with Crippen molar-refractivity contribution in [2.75, 3.05) is 5.32 Å². The number of anilines is 1. The first-order chi connectivity index (χ1) is 12.3. The van der Waals surface area contributed by atoms with Crippen LogP contribution in [0.15, 0.2) is 46.9 Å². The molecule has 2 rings (SSSR count). The highest BCUT2D eigenvalue weighted by Crippen LogP contribution is 2.28. The molecular formula is C19H20BrClN2O3. The number of hydrogen-bond acceptors (Lipinski definition) is 3. The maximum Gasteiger partial charge on any atom is 0.265 e. The number of halogens is 2. The zero-order chi connectivity index (χ0) is 19.3. The summed E-state index contributed by atoms with van der Waals surface area (Å²) in [5.74, 6) is 0.0751. The van der Waals surface area contributed by atoms with E-state index in [0.717, 1.165) is 0 Å². The molecule has 0 radical (unpaired) electrons. The van der Waals surface area contributed by atoms with Gasteiger partial charge in [-0.25, -0.2) is 0 Å². The first kappa shape index (κ1) is 20.3. The van der Waals surface area contributed by atoms with Crippen molar-refractivity contribution in [1.29, 1.82) is 0 Å². The summed E-state index contributed by atoms with van der Waals surface area (Å²) >= 11 is 9.24. The average Bonchev–Trinajstić information content (AvgIpc) is 2.57. The van der Waals surface area contributed by atoms with Gasteiger partial charge in [-0.15, -0.1) is 0 Å². The Morgan fingerprint density at radius 2 is 1.73 bits per heavy atom. The highest BCUT2D eigenvalue weighted by atomic mass is 79.9. The lowest BCUT2D eigenvalue weighted by atomic mass is 10.2. The molecule has 0 fully saturated rings. The summed E-state index contributed by atoms with van der Waals surface area (Å²) < 4.78 is 6.33. The topological polar surface area (TPSA) is 67.4 Å². The monoisotopic (exact) mass is 438 g/mol. The Bertz CT molecular complexity index is 794. The number of benzene rings is 2. The smallest absolute Gasteiger partial charge is 0.265 e. The summed E-state index contributed by atoms with van der Waals surface area (Å²) in [5.41, 5.74) is 1.12. The van der Waals surface area contributed by atoms with Gasteiger partial charge in [0, 0.05) is 22.3 Å². The van der Waals surface area contributed by atoms with E-state index in [1.54, 1.807) is 49.4 Å². The van der Waals surface area contributed by atoms with Crippen molar-refractivity contribution in [2.24, 2.45) is 0 Å². The lowest BCUT2D eigenvalue weighted by Gasteiger charge is -2.16. The molecule has 7 heteroatoms. The van der Waals surface area contributed by atoms with Crippen LogP contribution in [0.4, 0.5) is 5.69 Å². The zero-order valence-corrected chi connectivity index (χ0v) is 17.0. The fraction of sp³-hybridized carbons (Fsp3) is 0.263. The van der Waals surface area contributed by atoms with E-state index in [2.05, 4.69) is 26.6 Å². The molecule has 2 N–H and O–H groups in total. The van der Waals surface area contributed by atoms with Gasteiger partial charge < -0.3 is 15.4 Å². The minimum atomic E-state index is -0.712. The molecule has 2 aromatic carbocycles. The molecule has 0 aliphatic carbocycles. The van der Waals surface area contributed by atoms with Crippen molar-refractivity contribution < 1.29 is 14.3 Å². The van der Waals surface area contributed by atoms with Crippen LogP contribution in [-0.4, -0.2) is 24.0 Å². The molecule has 2 aromatic rings. The molecule has 0 heterocycles. The standard InChI is InChI=1S/C19H20BrClN2O3/c1-11(2)22-19(25)13-4-7-15(8-5-13)23-18(24)12(3)26-17-9-6-14(21)10-16(17)20/h4-12H,1-3H3,(H,22,25)(H,23,24). The molecule has 1 atom stereocenters. The van der Waals surface area contributed by atoms with Gasteiger partial charge in [0.1, 0.15) is 5.75 Å². The van der Waals surface area contributed by atoms with Gasteiger partial charge in [0.25, 0.3) is 11.8 Å². The van der Waals surface area contributed by atoms with Crippen molar-refractivity contribution in [3.05, 3.63) is 57.5 Å². The molecule has 138 valence electrons. The van der Waals surface area contributed by atoms with E-state index >= 15 is 0 Å². The number of hydrogen-bond donors (Lipinski definition) is 2. The van der Waals surface area contributed by atoms with Crippen molar-refractivity contribution >= 4 is 45.0 Å². The third-order valence-corrected chi connectivity index (χ3v) is 4.26. The van der Waals surface area contributed by atoms with E-state index in [4.69, 9.17) is 16.3 Å². The molecule has 5 nitrogen and oxygen atoms in total. The van der Waals surface area contributed by atoms with Gasteiger partial charge >= 0.3 is 0 Å². The van der Waals surface area contributed by atoms with Crippen LogP contribution in [0.25, 0.3) is 0 Å². The second-order valence-electron chi connectivity index (χ2n) is 6.03. The van der Waals surface area contributed by atoms with Crippen molar-refractivity contribution in [3.63, 3.8) is 0 Å². The van der Waals surface area contributed by atoms with Crippen LogP contribution in [0.1, 0.15) is 31.1 Å². The summed E-state index contributed by atoms with van der Waals surface area (Å²) in [7, 11) is 0. The largest absolute Gasteiger partial charge is 0.480 e. The molecule has 2 amide bonds. The Morgan fingerprint density at radius 1 is 1.08 bits per heavy atom. The average molecular weight is 440 g/mol. The minimum absolute atomic E-state index is 0.0621. The summed E-state index contributed by atoms with van der Waals surface area (Å²) in [4.78, 5) is 24.2. The number of carbonyl (C=O) groups excluding carboxylic acids is 2. The van der Waals surface area contributed by atoms with Gasteiger partial charge in [0.15, 0.2) is 6.10 Å². The summed E-state index contributed by atoms with van der Waals surface area (Å²) in [6, 6.07) is 11.8. The molecular weight excluding hydrogens is 420 g/mol. The molecule has 0 bridgehead atoms. The van der Waals surface area contributed by atoms with Gasteiger partial charge in [-0.3, -0.25) is 9.59 Å². The zero-order valence-electron chi connectivity index (χ0n) is 14.7. The molecule has 0 aromatic heterocycles. The van der Waals surface area contributed by atoms with Crippen LogP contribution in [0.3, 0.4) is 0 Å². The van der Waals surface area contributed by atoms with Crippen molar-refractivity contribution in [3.8, 4) is 5.75 Å². The molecule has 0 saturated heterocycles. The van der Waals surface area contributed by atoms with Gasteiger partial charge in [-0.2, -0.15) is 0 Å². The number of amides is 2. The van der Waals surface area contributed by atoms with Gasteiger partial charge in [-0.05, 0) is 79.2 Å². The van der Waals surface area contributed by atoms with E-state index in [1.165, 1.54) is 0 Å². The van der Waals surface area contributed by atoms with Crippen LogP contribution >= 0.6 is 27.5 Å². The highest BCUT2D eigenvalue weighted by molar-refractivity contribution is 9.10. The quantitative estimate of drug-likeness (QED) is 0.688. The molecule has 0 aliphatic heterocycles. The Labute approximate surface area is 166 Å².